The number of urea groups is 1. The molecule has 3 rings (SSSR count). The number of methoxy groups -OCH3 is 2. The minimum atomic E-state index is -4.78. The predicted molar refractivity (Wildman–Crippen MR) is 88.5 cm³/mol. The average Bonchev–Trinajstić information content (AvgIpc) is 2.83. The number of imide groups is 2. The average molecular weight is 401 g/mol. The molecule has 0 unspecified atom stereocenters. The lowest BCUT2D eigenvalue weighted by atomic mass is 9.99. The van der Waals surface area contributed by atoms with Crippen LogP contribution in [0.5, 0.6) is 11.5 Å². The fraction of sp³-hybridized carbons (Fsp3) is 0.471. The molecule has 2 heterocycles. The van der Waals surface area contributed by atoms with Crippen LogP contribution >= 0.6 is 0 Å². The number of hydrogen-bond donors (Lipinski definition) is 0. The van der Waals surface area contributed by atoms with E-state index < -0.39 is 30.6 Å². The van der Waals surface area contributed by atoms with Gasteiger partial charge in [0.15, 0.2) is 11.5 Å². The van der Waals surface area contributed by atoms with Crippen LogP contribution in [-0.4, -0.2) is 72.7 Å². The molecule has 0 saturated carbocycles. The van der Waals surface area contributed by atoms with E-state index in [1.54, 1.807) is 11.0 Å². The first-order valence-corrected chi connectivity index (χ1v) is 8.34. The molecule has 0 aliphatic carbocycles. The summed E-state index contributed by atoms with van der Waals surface area (Å²) in [5.74, 6) is -1.63. The summed E-state index contributed by atoms with van der Waals surface area (Å²) in [6, 6.07) is 2.35. The number of nitrogens with zero attached hydrogens (tertiary/aromatic N) is 3. The summed E-state index contributed by atoms with van der Waals surface area (Å²) in [5, 5.41) is 0. The van der Waals surface area contributed by atoms with Gasteiger partial charge in [-0.1, -0.05) is 0 Å². The van der Waals surface area contributed by atoms with E-state index in [1.165, 1.54) is 14.2 Å². The number of carbonyl (C=O) groups is 3. The molecule has 11 heteroatoms. The van der Waals surface area contributed by atoms with Gasteiger partial charge in [0.2, 0.25) is 0 Å². The van der Waals surface area contributed by atoms with Crippen LogP contribution in [0.3, 0.4) is 0 Å². The van der Waals surface area contributed by atoms with Crippen molar-refractivity contribution in [1.29, 1.82) is 0 Å². The van der Waals surface area contributed by atoms with Gasteiger partial charge in [0, 0.05) is 13.1 Å². The quantitative estimate of drug-likeness (QED) is 0.548. The van der Waals surface area contributed by atoms with Crippen molar-refractivity contribution in [3.8, 4) is 11.5 Å². The van der Waals surface area contributed by atoms with Gasteiger partial charge in [0.1, 0.15) is 6.54 Å². The molecule has 2 aliphatic heterocycles. The van der Waals surface area contributed by atoms with Gasteiger partial charge in [0.05, 0.1) is 20.9 Å². The number of alkyl halides is 3. The second-order valence-corrected chi connectivity index (χ2v) is 6.44. The van der Waals surface area contributed by atoms with E-state index in [0.29, 0.717) is 35.9 Å². The zero-order valence-electron chi connectivity index (χ0n) is 15.2. The van der Waals surface area contributed by atoms with Gasteiger partial charge in [-0.05, 0) is 29.7 Å². The third-order valence-electron chi connectivity index (χ3n) is 4.61. The molecule has 1 aromatic carbocycles. The van der Waals surface area contributed by atoms with E-state index >= 15 is 0 Å². The molecular weight excluding hydrogens is 383 g/mol. The van der Waals surface area contributed by atoms with Gasteiger partial charge >= 0.3 is 24.0 Å². The maximum Gasteiger partial charge on any atom is 0.406 e. The van der Waals surface area contributed by atoms with Crippen LogP contribution in [0.4, 0.5) is 18.0 Å². The highest BCUT2D eigenvalue weighted by molar-refractivity contribution is 6.44. The smallest absolute Gasteiger partial charge is 0.406 e. The highest BCUT2D eigenvalue weighted by Gasteiger charge is 2.49. The van der Waals surface area contributed by atoms with Crippen molar-refractivity contribution in [3.63, 3.8) is 0 Å². The van der Waals surface area contributed by atoms with E-state index in [0.717, 1.165) is 11.1 Å². The van der Waals surface area contributed by atoms with Crippen molar-refractivity contribution < 1.29 is 37.0 Å². The summed E-state index contributed by atoms with van der Waals surface area (Å²) >= 11 is 0. The molecule has 0 bridgehead atoms. The summed E-state index contributed by atoms with van der Waals surface area (Å²) in [4.78, 5) is 38.1. The predicted octanol–water partition coefficient (Wildman–Crippen LogP) is 1.37. The Hall–Kier alpha value is -2.82. The van der Waals surface area contributed by atoms with E-state index in [-0.39, 0.29) is 11.6 Å². The van der Waals surface area contributed by atoms with E-state index in [2.05, 4.69) is 0 Å². The lowest BCUT2D eigenvalue weighted by molar-refractivity contribution is -0.156. The molecule has 1 aromatic rings. The second-order valence-electron chi connectivity index (χ2n) is 6.44. The van der Waals surface area contributed by atoms with Gasteiger partial charge in [-0.15, -0.1) is 0 Å². The minimum absolute atomic E-state index is 0.0753. The normalized spacial score (nSPS) is 18.0. The maximum atomic E-state index is 12.6. The molecule has 1 fully saturated rings. The number of benzene rings is 1. The highest BCUT2D eigenvalue weighted by Crippen LogP contribution is 2.33. The maximum absolute atomic E-state index is 12.6. The Morgan fingerprint density at radius 1 is 0.964 bits per heavy atom. The molecule has 0 radical (unpaired) electrons. The number of carbonyl (C=O) groups excluding carboxylic acids is 3. The molecule has 0 aromatic heterocycles. The number of fused-ring (bicyclic) bond motifs is 1. The lowest BCUT2D eigenvalue weighted by Crippen LogP contribution is -2.45. The van der Waals surface area contributed by atoms with Gasteiger partial charge in [-0.2, -0.15) is 13.2 Å². The molecule has 0 spiro atoms. The van der Waals surface area contributed by atoms with Crippen LogP contribution in [-0.2, 0) is 22.6 Å². The van der Waals surface area contributed by atoms with E-state index in [9.17, 15) is 27.6 Å². The van der Waals surface area contributed by atoms with Gasteiger partial charge in [-0.3, -0.25) is 14.5 Å². The summed E-state index contributed by atoms with van der Waals surface area (Å²) in [7, 11) is 3.01. The van der Waals surface area contributed by atoms with E-state index in [4.69, 9.17) is 9.47 Å². The SMILES string of the molecule is COc1cc2c(cc1OC)CN(CN1C(=O)C(=O)N(CC(F)(F)F)C1=O)CC2. The van der Waals surface area contributed by atoms with Gasteiger partial charge in [-0.25, -0.2) is 14.6 Å². The summed E-state index contributed by atoms with van der Waals surface area (Å²) < 4.78 is 48.2. The second kappa shape index (κ2) is 7.30. The summed E-state index contributed by atoms with van der Waals surface area (Å²) in [5.41, 5.74) is 1.88. The third kappa shape index (κ3) is 3.75. The fourth-order valence-electron chi connectivity index (χ4n) is 3.26. The van der Waals surface area contributed by atoms with Crippen LogP contribution in [0.15, 0.2) is 12.1 Å². The molecule has 28 heavy (non-hydrogen) atoms. The number of halogens is 3. The monoisotopic (exact) mass is 401 g/mol. The van der Waals surface area contributed by atoms with Gasteiger partial charge in [0.25, 0.3) is 0 Å². The van der Waals surface area contributed by atoms with Crippen molar-refractivity contribution in [1.82, 2.24) is 14.7 Å². The Morgan fingerprint density at radius 3 is 2.11 bits per heavy atom. The first-order valence-electron chi connectivity index (χ1n) is 8.34. The number of ether oxygens (including phenoxy) is 2. The number of rotatable bonds is 5. The van der Waals surface area contributed by atoms with Crippen LogP contribution in [0.1, 0.15) is 11.1 Å². The topological polar surface area (TPSA) is 79.4 Å². The Balaban J connectivity index is 1.74. The third-order valence-corrected chi connectivity index (χ3v) is 4.61. The highest BCUT2D eigenvalue weighted by atomic mass is 19.4. The van der Waals surface area contributed by atoms with Crippen molar-refractivity contribution >= 4 is 17.8 Å². The first-order chi connectivity index (χ1) is 13.1. The minimum Gasteiger partial charge on any atom is -0.493 e. The molecule has 1 saturated heterocycles. The molecule has 8 nitrogen and oxygen atoms in total. The van der Waals surface area contributed by atoms with E-state index in [1.807, 2.05) is 6.07 Å². The Kier molecular flexibility index (Phi) is 5.20. The molecule has 4 amide bonds. The number of hydrogen-bond acceptors (Lipinski definition) is 6. The zero-order chi connectivity index (χ0) is 20.6. The molecule has 0 N–H and O–H groups in total. The fourth-order valence-corrected chi connectivity index (χ4v) is 3.26. The van der Waals surface area contributed by atoms with Crippen molar-refractivity contribution in [2.24, 2.45) is 0 Å². The van der Waals surface area contributed by atoms with Crippen LogP contribution in [0.2, 0.25) is 0 Å². The molecule has 0 atom stereocenters. The van der Waals surface area contributed by atoms with Gasteiger partial charge < -0.3 is 9.47 Å². The van der Waals surface area contributed by atoms with Crippen molar-refractivity contribution in [2.45, 2.75) is 19.1 Å². The summed E-state index contributed by atoms with van der Waals surface area (Å²) in [6.45, 7) is -1.27. The van der Waals surface area contributed by atoms with Crippen LogP contribution < -0.4 is 9.47 Å². The van der Waals surface area contributed by atoms with Crippen LogP contribution in [0, 0.1) is 0 Å². The molecule has 2 aliphatic rings. The Morgan fingerprint density at radius 2 is 1.54 bits per heavy atom. The zero-order valence-corrected chi connectivity index (χ0v) is 15.2. The van der Waals surface area contributed by atoms with Crippen molar-refractivity contribution in [3.05, 3.63) is 23.3 Å². The molecular formula is C17H18F3N3O5. The van der Waals surface area contributed by atoms with Crippen molar-refractivity contribution in [2.75, 3.05) is 34.0 Å². The standard InChI is InChI=1S/C17H18F3N3O5/c1-27-12-5-10-3-4-21(7-11(10)6-13(12)28-2)9-23-15(25)14(24)22(16(23)26)8-17(18,19)20/h5-6H,3-4,7-9H2,1-2H3. The van der Waals surface area contributed by atoms with Crippen LogP contribution in [0.25, 0.3) is 0 Å². The molecule has 152 valence electrons. The Labute approximate surface area is 158 Å². The Bertz CT molecular complexity index is 827. The summed E-state index contributed by atoms with van der Waals surface area (Å²) in [6.07, 6.45) is -4.20. The first kappa shape index (κ1) is 19.9. The number of amides is 4. The lowest BCUT2D eigenvalue weighted by Gasteiger charge is -2.31. The largest absolute Gasteiger partial charge is 0.493 e.